The van der Waals surface area contributed by atoms with Crippen LogP contribution in [0.3, 0.4) is 0 Å². The summed E-state index contributed by atoms with van der Waals surface area (Å²) in [5.41, 5.74) is 0.226. The first-order valence-electron chi connectivity index (χ1n) is 4.87. The molecule has 0 unspecified atom stereocenters. The first-order valence-corrected chi connectivity index (χ1v) is 5.25. The molecule has 0 saturated heterocycles. The van der Waals surface area contributed by atoms with E-state index in [0.717, 1.165) is 0 Å². The van der Waals surface area contributed by atoms with Gasteiger partial charge in [-0.1, -0.05) is 17.7 Å². The quantitative estimate of drug-likeness (QED) is 0.906. The predicted octanol–water partition coefficient (Wildman–Crippen LogP) is 3.56. The summed E-state index contributed by atoms with van der Waals surface area (Å²) >= 11 is 5.84. The average Bonchev–Trinajstić information content (AvgIpc) is 2.76. The van der Waals surface area contributed by atoms with E-state index in [4.69, 9.17) is 21.3 Å². The number of nitrogens with zero attached hydrogens (tertiary/aromatic N) is 1. The van der Waals surface area contributed by atoms with E-state index in [-0.39, 0.29) is 18.0 Å². The zero-order chi connectivity index (χ0) is 12.3. The van der Waals surface area contributed by atoms with Gasteiger partial charge in [-0.15, -0.1) is 0 Å². The van der Waals surface area contributed by atoms with Gasteiger partial charge >= 0.3 is 0 Å². The van der Waals surface area contributed by atoms with E-state index < -0.39 is 5.82 Å². The van der Waals surface area contributed by atoms with Gasteiger partial charge in [0.25, 0.3) is 0 Å². The maximum atomic E-state index is 13.4. The second-order valence-electron chi connectivity index (χ2n) is 3.33. The normalized spacial score (nSPS) is 9.94. The van der Waals surface area contributed by atoms with Crippen LogP contribution in [0.2, 0.25) is 5.02 Å². The lowest BCUT2D eigenvalue weighted by Gasteiger charge is -2.07. The Morgan fingerprint density at radius 3 is 2.82 bits per heavy atom. The summed E-state index contributed by atoms with van der Waals surface area (Å²) in [5.74, 6) is 0.340. The van der Waals surface area contributed by atoms with Crippen LogP contribution in [0, 0.1) is 17.1 Å². The largest absolute Gasteiger partial charge is 0.449 e. The van der Waals surface area contributed by atoms with Gasteiger partial charge in [0.2, 0.25) is 5.76 Å². The fraction of sp³-hybridized carbons (Fsp3) is 0.0833. The molecule has 1 N–H and O–H groups in total. The van der Waals surface area contributed by atoms with Gasteiger partial charge in [0, 0.05) is 0 Å². The predicted molar refractivity (Wildman–Crippen MR) is 62.2 cm³/mol. The fourth-order valence-electron chi connectivity index (χ4n) is 1.38. The standard InChI is InChI=1S/C12H8ClFN2O/c13-10-2-1-3-11(14)12(10)16-7-9-5-4-8(6-15)17-9/h1-5,16H,7H2. The second kappa shape index (κ2) is 4.89. The van der Waals surface area contributed by atoms with Crippen LogP contribution in [0.5, 0.6) is 0 Å². The molecule has 3 nitrogen and oxygen atoms in total. The molecule has 17 heavy (non-hydrogen) atoms. The first-order chi connectivity index (χ1) is 8.20. The minimum atomic E-state index is -0.426. The van der Waals surface area contributed by atoms with Gasteiger partial charge in [-0.25, -0.2) is 4.39 Å². The SMILES string of the molecule is N#Cc1ccc(CNc2c(F)cccc2Cl)o1. The minimum absolute atomic E-state index is 0.224. The molecule has 0 amide bonds. The third-order valence-electron chi connectivity index (χ3n) is 2.17. The summed E-state index contributed by atoms with van der Waals surface area (Å²) < 4.78 is 18.5. The zero-order valence-electron chi connectivity index (χ0n) is 8.71. The summed E-state index contributed by atoms with van der Waals surface area (Å²) in [6.45, 7) is 0.266. The molecule has 2 rings (SSSR count). The highest BCUT2D eigenvalue weighted by atomic mass is 35.5. The molecule has 0 aliphatic carbocycles. The van der Waals surface area contributed by atoms with Crippen LogP contribution in [0.25, 0.3) is 0 Å². The maximum Gasteiger partial charge on any atom is 0.203 e. The van der Waals surface area contributed by atoms with Crippen LogP contribution < -0.4 is 5.32 Å². The summed E-state index contributed by atoms with van der Waals surface area (Å²) in [6, 6.07) is 9.52. The van der Waals surface area contributed by atoms with Gasteiger partial charge in [-0.05, 0) is 24.3 Å². The Kier molecular flexibility index (Phi) is 3.31. The molecule has 0 aliphatic rings. The van der Waals surface area contributed by atoms with Crippen molar-refractivity contribution in [3.63, 3.8) is 0 Å². The van der Waals surface area contributed by atoms with Crippen molar-refractivity contribution < 1.29 is 8.81 Å². The number of nitrogens with one attached hydrogen (secondary N) is 1. The van der Waals surface area contributed by atoms with Crippen molar-refractivity contribution in [1.82, 2.24) is 0 Å². The number of para-hydroxylation sites is 1. The summed E-state index contributed by atoms with van der Waals surface area (Å²) in [5, 5.41) is 11.7. The van der Waals surface area contributed by atoms with E-state index in [9.17, 15) is 4.39 Å². The van der Waals surface area contributed by atoms with Crippen LogP contribution in [-0.2, 0) is 6.54 Å². The van der Waals surface area contributed by atoms with Gasteiger partial charge in [0.15, 0.2) is 0 Å². The highest BCUT2D eigenvalue weighted by molar-refractivity contribution is 6.33. The van der Waals surface area contributed by atoms with Crippen LogP contribution in [-0.4, -0.2) is 0 Å². The van der Waals surface area contributed by atoms with Gasteiger partial charge in [-0.3, -0.25) is 0 Å². The molecule has 86 valence electrons. The molecule has 0 saturated carbocycles. The highest BCUT2D eigenvalue weighted by Crippen LogP contribution is 2.25. The van der Waals surface area contributed by atoms with Crippen molar-refractivity contribution in [1.29, 1.82) is 5.26 Å². The Labute approximate surface area is 102 Å². The van der Waals surface area contributed by atoms with Crippen molar-refractivity contribution in [2.75, 3.05) is 5.32 Å². The first kappa shape index (κ1) is 11.5. The van der Waals surface area contributed by atoms with E-state index >= 15 is 0 Å². The number of furan rings is 1. The number of nitriles is 1. The van der Waals surface area contributed by atoms with Crippen molar-refractivity contribution in [3.8, 4) is 6.07 Å². The number of anilines is 1. The van der Waals surface area contributed by atoms with Crippen molar-refractivity contribution >= 4 is 17.3 Å². The molecule has 0 aliphatic heterocycles. The topological polar surface area (TPSA) is 49.0 Å². The molecule has 0 spiro atoms. The third-order valence-corrected chi connectivity index (χ3v) is 2.49. The van der Waals surface area contributed by atoms with Crippen LogP contribution in [0.1, 0.15) is 11.5 Å². The number of benzene rings is 1. The zero-order valence-corrected chi connectivity index (χ0v) is 9.46. The van der Waals surface area contributed by atoms with Crippen molar-refractivity contribution in [3.05, 3.63) is 52.7 Å². The Morgan fingerprint density at radius 1 is 1.35 bits per heavy atom. The molecule has 0 fully saturated rings. The summed E-state index contributed by atoms with van der Waals surface area (Å²) in [6.07, 6.45) is 0. The molecule has 1 aromatic heterocycles. The fourth-order valence-corrected chi connectivity index (χ4v) is 1.61. The Balaban J connectivity index is 2.10. The lowest BCUT2D eigenvalue weighted by Crippen LogP contribution is -2.01. The lowest BCUT2D eigenvalue weighted by atomic mass is 10.3. The van der Waals surface area contributed by atoms with Gasteiger partial charge < -0.3 is 9.73 Å². The van der Waals surface area contributed by atoms with E-state index in [1.165, 1.54) is 12.1 Å². The van der Waals surface area contributed by atoms with Gasteiger partial charge in [-0.2, -0.15) is 5.26 Å². The molecule has 2 aromatic rings. The number of hydrogen-bond donors (Lipinski definition) is 1. The van der Waals surface area contributed by atoms with Crippen LogP contribution in [0.15, 0.2) is 34.7 Å². The summed E-state index contributed by atoms with van der Waals surface area (Å²) in [4.78, 5) is 0. The smallest absolute Gasteiger partial charge is 0.203 e. The van der Waals surface area contributed by atoms with Gasteiger partial charge in [0.05, 0.1) is 17.3 Å². The molecule has 1 heterocycles. The number of halogens is 2. The van der Waals surface area contributed by atoms with E-state index in [1.807, 2.05) is 6.07 Å². The Bertz CT molecular complexity index is 554. The van der Waals surface area contributed by atoms with Crippen molar-refractivity contribution in [2.24, 2.45) is 0 Å². The second-order valence-corrected chi connectivity index (χ2v) is 3.74. The van der Waals surface area contributed by atoms with Crippen LogP contribution >= 0.6 is 11.6 Å². The average molecular weight is 251 g/mol. The monoisotopic (exact) mass is 250 g/mol. The summed E-state index contributed by atoms with van der Waals surface area (Å²) in [7, 11) is 0. The van der Waals surface area contributed by atoms with Crippen molar-refractivity contribution in [2.45, 2.75) is 6.54 Å². The van der Waals surface area contributed by atoms with Gasteiger partial charge in [0.1, 0.15) is 17.6 Å². The van der Waals surface area contributed by atoms with E-state index in [2.05, 4.69) is 5.32 Å². The third kappa shape index (κ3) is 2.58. The number of rotatable bonds is 3. The molecular formula is C12H8ClFN2O. The van der Waals surface area contributed by atoms with E-state index in [1.54, 1.807) is 18.2 Å². The molecule has 1 aromatic carbocycles. The highest BCUT2D eigenvalue weighted by Gasteiger charge is 2.07. The Hall–Kier alpha value is -1.99. The molecular weight excluding hydrogens is 243 g/mol. The Morgan fingerprint density at radius 2 is 2.18 bits per heavy atom. The minimum Gasteiger partial charge on any atom is -0.449 e. The number of hydrogen-bond acceptors (Lipinski definition) is 3. The molecule has 5 heteroatoms. The lowest BCUT2D eigenvalue weighted by molar-refractivity contribution is 0.505. The molecule has 0 bridgehead atoms. The maximum absolute atomic E-state index is 13.4. The van der Waals surface area contributed by atoms with Crippen LogP contribution in [0.4, 0.5) is 10.1 Å². The van der Waals surface area contributed by atoms with E-state index in [0.29, 0.717) is 10.8 Å². The molecule has 0 radical (unpaired) electrons. The molecule has 0 atom stereocenters.